The standard InChI is InChI=1S/C14H19F4NO.ClH/c1-8(2)3-6-12(20)13(19)9-4-5-11(15)10(7-9)14(16,17)18;/h4-5,7-8,12-13,20H,3,6,19H2,1-2H3;1H/t12-,13+;/m1./s1. The minimum absolute atomic E-state index is 0. The maximum atomic E-state index is 13.2. The van der Waals surface area contributed by atoms with Gasteiger partial charge in [-0.1, -0.05) is 19.9 Å². The molecule has 0 saturated carbocycles. The molecule has 0 aliphatic carbocycles. The SMILES string of the molecule is CC(C)CC[C@@H](O)[C@@H](N)c1ccc(F)c(C(F)(F)F)c1.Cl. The summed E-state index contributed by atoms with van der Waals surface area (Å²) in [5.41, 5.74) is 4.47. The van der Waals surface area contributed by atoms with Gasteiger partial charge in [0.2, 0.25) is 0 Å². The molecule has 1 aromatic rings. The topological polar surface area (TPSA) is 46.2 Å². The molecule has 0 aromatic heterocycles. The highest BCUT2D eigenvalue weighted by Gasteiger charge is 2.34. The molecule has 2 nitrogen and oxygen atoms in total. The lowest BCUT2D eigenvalue weighted by molar-refractivity contribution is -0.140. The number of nitrogens with two attached hydrogens (primary N) is 1. The Morgan fingerprint density at radius 1 is 1.19 bits per heavy atom. The van der Waals surface area contributed by atoms with Crippen molar-refractivity contribution in [3.05, 3.63) is 35.1 Å². The fourth-order valence-corrected chi connectivity index (χ4v) is 1.87. The number of aliphatic hydroxyl groups is 1. The predicted octanol–water partition coefficient (Wildman–Crippen LogP) is 4.06. The zero-order chi connectivity index (χ0) is 15.5. The van der Waals surface area contributed by atoms with Crippen LogP contribution in [-0.2, 0) is 6.18 Å². The van der Waals surface area contributed by atoms with Crippen LogP contribution in [0.3, 0.4) is 0 Å². The second-order valence-corrected chi connectivity index (χ2v) is 5.30. The third-order valence-corrected chi connectivity index (χ3v) is 3.14. The van der Waals surface area contributed by atoms with Crippen LogP contribution in [0.1, 0.15) is 43.9 Å². The average Bonchev–Trinajstić information content (AvgIpc) is 2.34. The Balaban J connectivity index is 0.00000400. The van der Waals surface area contributed by atoms with E-state index in [1.165, 1.54) is 6.07 Å². The third-order valence-electron chi connectivity index (χ3n) is 3.14. The van der Waals surface area contributed by atoms with E-state index in [1.807, 2.05) is 13.8 Å². The van der Waals surface area contributed by atoms with E-state index < -0.39 is 29.7 Å². The van der Waals surface area contributed by atoms with E-state index in [4.69, 9.17) is 5.73 Å². The zero-order valence-electron chi connectivity index (χ0n) is 11.8. The molecule has 21 heavy (non-hydrogen) atoms. The van der Waals surface area contributed by atoms with Crippen molar-refractivity contribution >= 4 is 12.4 Å². The molecule has 0 spiro atoms. The number of benzene rings is 1. The maximum absolute atomic E-state index is 13.2. The molecule has 1 aromatic carbocycles. The molecule has 0 fully saturated rings. The van der Waals surface area contributed by atoms with Crippen molar-refractivity contribution in [3.8, 4) is 0 Å². The second-order valence-electron chi connectivity index (χ2n) is 5.30. The molecule has 122 valence electrons. The van der Waals surface area contributed by atoms with E-state index in [2.05, 4.69) is 0 Å². The van der Waals surface area contributed by atoms with Gasteiger partial charge in [0.25, 0.3) is 0 Å². The number of hydrogen-bond acceptors (Lipinski definition) is 2. The lowest BCUT2D eigenvalue weighted by Crippen LogP contribution is -2.27. The first-order valence-corrected chi connectivity index (χ1v) is 6.43. The first-order valence-electron chi connectivity index (χ1n) is 6.43. The Morgan fingerprint density at radius 2 is 1.76 bits per heavy atom. The van der Waals surface area contributed by atoms with Gasteiger partial charge < -0.3 is 10.8 Å². The first-order chi connectivity index (χ1) is 9.12. The lowest BCUT2D eigenvalue weighted by atomic mass is 9.95. The van der Waals surface area contributed by atoms with Crippen LogP contribution in [0.4, 0.5) is 17.6 Å². The van der Waals surface area contributed by atoms with E-state index in [9.17, 15) is 22.7 Å². The zero-order valence-corrected chi connectivity index (χ0v) is 12.6. The molecule has 0 aliphatic rings. The van der Waals surface area contributed by atoms with Gasteiger partial charge in [0.1, 0.15) is 5.82 Å². The second kappa shape index (κ2) is 7.96. The van der Waals surface area contributed by atoms with Gasteiger partial charge in [-0.3, -0.25) is 0 Å². The van der Waals surface area contributed by atoms with E-state index in [1.54, 1.807) is 0 Å². The monoisotopic (exact) mass is 329 g/mol. The van der Waals surface area contributed by atoms with E-state index >= 15 is 0 Å². The largest absolute Gasteiger partial charge is 0.419 e. The van der Waals surface area contributed by atoms with Crippen molar-refractivity contribution in [1.29, 1.82) is 0 Å². The van der Waals surface area contributed by atoms with Gasteiger partial charge in [-0.05, 0) is 36.5 Å². The van der Waals surface area contributed by atoms with E-state index in [0.717, 1.165) is 6.07 Å². The van der Waals surface area contributed by atoms with Crippen LogP contribution in [-0.4, -0.2) is 11.2 Å². The summed E-state index contributed by atoms with van der Waals surface area (Å²) in [5, 5.41) is 9.88. The van der Waals surface area contributed by atoms with Crippen LogP contribution in [0.5, 0.6) is 0 Å². The van der Waals surface area contributed by atoms with Crippen LogP contribution in [0.15, 0.2) is 18.2 Å². The smallest absolute Gasteiger partial charge is 0.391 e. The van der Waals surface area contributed by atoms with Gasteiger partial charge in [0, 0.05) is 0 Å². The average molecular weight is 330 g/mol. The van der Waals surface area contributed by atoms with Crippen LogP contribution < -0.4 is 5.73 Å². The fourth-order valence-electron chi connectivity index (χ4n) is 1.87. The maximum Gasteiger partial charge on any atom is 0.419 e. The van der Waals surface area contributed by atoms with Gasteiger partial charge in [0.15, 0.2) is 0 Å². The number of halogens is 5. The molecular weight excluding hydrogens is 310 g/mol. The Labute approximate surface area is 127 Å². The first kappa shape index (κ1) is 20.1. The summed E-state index contributed by atoms with van der Waals surface area (Å²) in [6.45, 7) is 3.94. The summed E-state index contributed by atoms with van der Waals surface area (Å²) in [6.07, 6.45) is -4.63. The van der Waals surface area contributed by atoms with Gasteiger partial charge >= 0.3 is 6.18 Å². The molecule has 7 heteroatoms. The molecule has 0 heterocycles. The van der Waals surface area contributed by atoms with Gasteiger partial charge in [-0.25, -0.2) is 4.39 Å². The van der Waals surface area contributed by atoms with Crippen LogP contribution in [0.25, 0.3) is 0 Å². The van der Waals surface area contributed by atoms with E-state index in [0.29, 0.717) is 24.8 Å². The molecule has 3 N–H and O–H groups in total. The normalized spacial score (nSPS) is 14.7. The quantitative estimate of drug-likeness (QED) is 0.800. The minimum Gasteiger partial charge on any atom is -0.391 e. The van der Waals surface area contributed by atoms with Crippen LogP contribution in [0.2, 0.25) is 0 Å². The molecule has 0 unspecified atom stereocenters. The van der Waals surface area contributed by atoms with Crippen LogP contribution in [0, 0.1) is 11.7 Å². The predicted molar refractivity (Wildman–Crippen MR) is 75.7 cm³/mol. The van der Waals surface area contributed by atoms with Gasteiger partial charge in [0.05, 0.1) is 17.7 Å². The van der Waals surface area contributed by atoms with Crippen molar-refractivity contribution in [1.82, 2.24) is 0 Å². The summed E-state index contributed by atoms with van der Waals surface area (Å²) in [4.78, 5) is 0. The molecule has 0 bridgehead atoms. The number of aliphatic hydroxyl groups excluding tert-OH is 1. The molecule has 2 atom stereocenters. The Kier molecular flexibility index (Phi) is 7.64. The third kappa shape index (κ3) is 5.80. The van der Waals surface area contributed by atoms with Crippen molar-refractivity contribution in [2.24, 2.45) is 11.7 Å². The van der Waals surface area contributed by atoms with Crippen LogP contribution >= 0.6 is 12.4 Å². The summed E-state index contributed by atoms with van der Waals surface area (Å²) < 4.78 is 51.0. The van der Waals surface area contributed by atoms with Crippen molar-refractivity contribution < 1.29 is 22.7 Å². The van der Waals surface area contributed by atoms with Crippen molar-refractivity contribution in [3.63, 3.8) is 0 Å². The molecule has 0 amide bonds. The molecular formula is C14H20ClF4NO. The Bertz CT molecular complexity index is 451. The molecule has 0 aliphatic heterocycles. The molecule has 0 radical (unpaired) electrons. The number of rotatable bonds is 5. The summed E-state index contributed by atoms with van der Waals surface area (Å²) >= 11 is 0. The van der Waals surface area contributed by atoms with Gasteiger partial charge in [-0.15, -0.1) is 12.4 Å². The lowest BCUT2D eigenvalue weighted by Gasteiger charge is -2.21. The highest BCUT2D eigenvalue weighted by Crippen LogP contribution is 2.33. The Hall–Kier alpha value is -0.850. The van der Waals surface area contributed by atoms with Gasteiger partial charge in [-0.2, -0.15) is 13.2 Å². The Morgan fingerprint density at radius 3 is 2.24 bits per heavy atom. The summed E-state index contributed by atoms with van der Waals surface area (Å²) in [5.74, 6) is -0.985. The number of hydrogen-bond donors (Lipinski definition) is 2. The molecule has 1 rings (SSSR count). The number of alkyl halides is 3. The minimum atomic E-state index is -4.78. The fraction of sp³-hybridized carbons (Fsp3) is 0.571. The molecule has 0 saturated heterocycles. The van der Waals surface area contributed by atoms with Crippen molar-refractivity contribution in [2.45, 2.75) is 45.0 Å². The summed E-state index contributed by atoms with van der Waals surface area (Å²) in [6, 6.07) is 1.61. The highest BCUT2D eigenvalue weighted by atomic mass is 35.5. The highest BCUT2D eigenvalue weighted by molar-refractivity contribution is 5.85. The van der Waals surface area contributed by atoms with Crippen molar-refractivity contribution in [2.75, 3.05) is 0 Å². The summed E-state index contributed by atoms with van der Waals surface area (Å²) in [7, 11) is 0. The van der Waals surface area contributed by atoms with E-state index in [-0.39, 0.29) is 18.0 Å².